The van der Waals surface area contributed by atoms with Crippen LogP contribution in [0.15, 0.2) is 17.0 Å². The Morgan fingerprint density at radius 2 is 1.42 bits per heavy atom. The van der Waals surface area contributed by atoms with Crippen molar-refractivity contribution in [3.63, 3.8) is 0 Å². The van der Waals surface area contributed by atoms with Gasteiger partial charge < -0.3 is 9.31 Å². The Kier molecular flexibility index (Phi) is 3.71. The first-order chi connectivity index (χ1) is 8.68. The Labute approximate surface area is 117 Å². The molecule has 1 fully saturated rings. The van der Waals surface area contributed by atoms with Crippen LogP contribution in [0.3, 0.4) is 0 Å². The summed E-state index contributed by atoms with van der Waals surface area (Å²) in [7, 11) is -0.745. The lowest BCUT2D eigenvalue weighted by atomic mass is 9.79. The van der Waals surface area contributed by atoms with Crippen molar-refractivity contribution in [3.05, 3.63) is 23.8 Å². The quantitative estimate of drug-likeness (QED) is 0.615. The fourth-order valence-electron chi connectivity index (χ4n) is 1.89. The molecular formula is C13H17BF2O2S. The van der Waals surface area contributed by atoms with E-state index in [-0.39, 0.29) is 4.90 Å². The first-order valence-corrected chi connectivity index (χ1v) is 7.29. The van der Waals surface area contributed by atoms with Crippen LogP contribution in [0, 0.1) is 11.6 Å². The molecule has 1 aromatic carbocycles. The first kappa shape index (κ1) is 14.8. The molecular weight excluding hydrogens is 269 g/mol. The van der Waals surface area contributed by atoms with E-state index in [1.807, 2.05) is 27.7 Å². The van der Waals surface area contributed by atoms with Crippen molar-refractivity contribution >= 4 is 24.3 Å². The summed E-state index contributed by atoms with van der Waals surface area (Å²) in [6.07, 6.45) is 1.63. The van der Waals surface area contributed by atoms with Crippen molar-refractivity contribution in [1.29, 1.82) is 0 Å². The van der Waals surface area contributed by atoms with E-state index in [0.717, 1.165) is 11.8 Å². The predicted molar refractivity (Wildman–Crippen MR) is 73.9 cm³/mol. The summed E-state index contributed by atoms with van der Waals surface area (Å²) >= 11 is 1.04. The van der Waals surface area contributed by atoms with Gasteiger partial charge in [-0.1, -0.05) is 0 Å². The van der Waals surface area contributed by atoms with Crippen LogP contribution < -0.4 is 5.46 Å². The second-order valence-corrected chi connectivity index (χ2v) is 6.42. The number of benzene rings is 1. The van der Waals surface area contributed by atoms with Gasteiger partial charge in [-0.25, -0.2) is 8.78 Å². The molecule has 2 rings (SSSR count). The third-order valence-electron chi connectivity index (χ3n) is 3.75. The van der Waals surface area contributed by atoms with Gasteiger partial charge in [0.25, 0.3) is 0 Å². The van der Waals surface area contributed by atoms with E-state index < -0.39 is 30.0 Å². The smallest absolute Gasteiger partial charge is 0.399 e. The molecule has 104 valence electrons. The maximum absolute atomic E-state index is 13.8. The number of hydrogen-bond acceptors (Lipinski definition) is 3. The van der Waals surface area contributed by atoms with Gasteiger partial charge in [0.05, 0.1) is 16.1 Å². The predicted octanol–water partition coefficient (Wildman–Crippen LogP) is 2.99. The van der Waals surface area contributed by atoms with Gasteiger partial charge in [0.2, 0.25) is 0 Å². The molecule has 1 aromatic rings. The topological polar surface area (TPSA) is 18.5 Å². The Bertz CT molecular complexity index is 466. The maximum atomic E-state index is 13.8. The third kappa shape index (κ3) is 2.53. The van der Waals surface area contributed by atoms with E-state index in [1.165, 1.54) is 12.1 Å². The zero-order chi connectivity index (χ0) is 14.4. The minimum Gasteiger partial charge on any atom is -0.399 e. The molecule has 0 radical (unpaired) electrons. The Morgan fingerprint density at radius 3 is 1.79 bits per heavy atom. The molecule has 0 atom stereocenters. The molecule has 0 aromatic heterocycles. The van der Waals surface area contributed by atoms with Gasteiger partial charge in [-0.15, -0.1) is 11.8 Å². The van der Waals surface area contributed by atoms with Crippen molar-refractivity contribution in [2.75, 3.05) is 6.26 Å². The minimum atomic E-state index is -0.745. The van der Waals surface area contributed by atoms with E-state index in [4.69, 9.17) is 9.31 Å². The van der Waals surface area contributed by atoms with Crippen LogP contribution in [0.4, 0.5) is 8.78 Å². The number of thioether (sulfide) groups is 1. The molecule has 0 aliphatic carbocycles. The van der Waals surface area contributed by atoms with Crippen LogP contribution in [-0.4, -0.2) is 24.6 Å². The summed E-state index contributed by atoms with van der Waals surface area (Å²) in [5.74, 6) is -1.17. The van der Waals surface area contributed by atoms with Gasteiger partial charge in [0.1, 0.15) is 11.6 Å². The lowest BCUT2D eigenvalue weighted by Crippen LogP contribution is -2.41. The highest BCUT2D eigenvalue weighted by atomic mass is 32.2. The highest BCUT2D eigenvalue weighted by Crippen LogP contribution is 2.36. The molecule has 0 N–H and O–H groups in total. The van der Waals surface area contributed by atoms with Crippen molar-refractivity contribution in [1.82, 2.24) is 0 Å². The van der Waals surface area contributed by atoms with Gasteiger partial charge in [-0.05, 0) is 51.5 Å². The van der Waals surface area contributed by atoms with E-state index in [1.54, 1.807) is 6.26 Å². The number of rotatable bonds is 2. The summed E-state index contributed by atoms with van der Waals surface area (Å²) in [6, 6.07) is 2.55. The van der Waals surface area contributed by atoms with Crippen molar-refractivity contribution < 1.29 is 18.1 Å². The first-order valence-electron chi connectivity index (χ1n) is 6.06. The number of halogens is 2. The fraction of sp³-hybridized carbons (Fsp3) is 0.538. The monoisotopic (exact) mass is 286 g/mol. The Morgan fingerprint density at radius 1 is 1.00 bits per heavy atom. The zero-order valence-corrected chi connectivity index (χ0v) is 12.5. The average molecular weight is 286 g/mol. The molecule has 1 aliphatic rings. The van der Waals surface area contributed by atoms with Crippen LogP contribution in [0.5, 0.6) is 0 Å². The zero-order valence-electron chi connectivity index (χ0n) is 11.7. The minimum absolute atomic E-state index is 0.0141. The van der Waals surface area contributed by atoms with Gasteiger partial charge in [0, 0.05) is 0 Å². The van der Waals surface area contributed by atoms with Crippen molar-refractivity contribution in [3.8, 4) is 0 Å². The van der Waals surface area contributed by atoms with Crippen LogP contribution in [-0.2, 0) is 9.31 Å². The van der Waals surface area contributed by atoms with E-state index in [9.17, 15) is 8.78 Å². The van der Waals surface area contributed by atoms with Gasteiger partial charge >= 0.3 is 7.12 Å². The van der Waals surface area contributed by atoms with Crippen LogP contribution in [0.25, 0.3) is 0 Å². The highest BCUT2D eigenvalue weighted by molar-refractivity contribution is 7.98. The molecule has 19 heavy (non-hydrogen) atoms. The summed E-state index contributed by atoms with van der Waals surface area (Å²) in [5, 5.41) is 0. The molecule has 0 spiro atoms. The third-order valence-corrected chi connectivity index (χ3v) is 4.55. The average Bonchev–Trinajstić information content (AvgIpc) is 2.47. The molecule has 2 nitrogen and oxygen atoms in total. The van der Waals surface area contributed by atoms with Gasteiger partial charge in [-0.3, -0.25) is 0 Å². The Balaban J connectivity index is 2.35. The molecule has 0 unspecified atom stereocenters. The largest absolute Gasteiger partial charge is 0.495 e. The normalized spacial score (nSPS) is 20.9. The molecule has 6 heteroatoms. The second-order valence-electron chi connectivity index (χ2n) is 5.61. The van der Waals surface area contributed by atoms with Crippen molar-refractivity contribution in [2.45, 2.75) is 43.8 Å². The number of hydrogen-bond donors (Lipinski definition) is 0. The molecule has 1 heterocycles. The molecule has 0 saturated carbocycles. The SMILES string of the molecule is CSc1c(F)cc(B2OC(C)(C)C(C)(C)O2)cc1F. The van der Waals surface area contributed by atoms with E-state index >= 15 is 0 Å². The van der Waals surface area contributed by atoms with Crippen LogP contribution in [0.2, 0.25) is 0 Å². The van der Waals surface area contributed by atoms with E-state index in [2.05, 4.69) is 0 Å². The lowest BCUT2D eigenvalue weighted by molar-refractivity contribution is 0.00578. The highest BCUT2D eigenvalue weighted by Gasteiger charge is 2.51. The molecule has 1 aliphatic heterocycles. The van der Waals surface area contributed by atoms with Crippen LogP contribution in [0.1, 0.15) is 27.7 Å². The molecule has 0 amide bonds. The summed E-state index contributed by atoms with van der Waals surface area (Å²) in [5.41, 5.74) is -0.683. The second kappa shape index (κ2) is 4.75. The van der Waals surface area contributed by atoms with Gasteiger partial charge in [0.15, 0.2) is 0 Å². The maximum Gasteiger partial charge on any atom is 0.495 e. The van der Waals surface area contributed by atoms with E-state index in [0.29, 0.717) is 5.46 Å². The Hall–Kier alpha value is -0.585. The molecule has 1 saturated heterocycles. The fourth-order valence-corrected chi connectivity index (χ4v) is 2.40. The summed E-state index contributed by atoms with van der Waals surface area (Å²) in [6.45, 7) is 7.60. The lowest BCUT2D eigenvalue weighted by Gasteiger charge is -2.32. The van der Waals surface area contributed by atoms with Crippen LogP contribution >= 0.6 is 11.8 Å². The van der Waals surface area contributed by atoms with Crippen molar-refractivity contribution in [2.24, 2.45) is 0 Å². The summed E-state index contributed by atoms with van der Waals surface area (Å²) in [4.78, 5) is 0.0141. The summed E-state index contributed by atoms with van der Waals surface area (Å²) < 4.78 is 39.1. The standard InChI is InChI=1S/C13H17BF2O2S/c1-12(2)13(3,4)18-14(17-12)8-6-9(15)11(19-5)10(16)7-8/h6-7H,1-5H3. The van der Waals surface area contributed by atoms with Gasteiger partial charge in [-0.2, -0.15) is 0 Å². The molecule has 0 bridgehead atoms.